The highest BCUT2D eigenvalue weighted by Gasteiger charge is 2.20. The molecule has 0 atom stereocenters. The molecule has 10 nitrogen and oxygen atoms in total. The second-order valence-electron chi connectivity index (χ2n) is 14.3. The summed E-state index contributed by atoms with van der Waals surface area (Å²) < 4.78 is 11.1. The van der Waals surface area contributed by atoms with Crippen LogP contribution in [0, 0.1) is 0 Å². The monoisotopic (exact) mass is 756 g/mol. The predicted octanol–water partition coefficient (Wildman–Crippen LogP) is 11.3. The zero-order valence-electron chi connectivity index (χ0n) is 33.3. The number of rotatable bonds is 28. The van der Waals surface area contributed by atoms with E-state index < -0.39 is 23.8 Å². The quantitative estimate of drug-likeness (QED) is 0.0489. The zero-order chi connectivity index (χ0) is 39.5. The van der Waals surface area contributed by atoms with Gasteiger partial charge in [-0.2, -0.15) is 0 Å². The Labute approximate surface area is 328 Å². The van der Waals surface area contributed by atoms with E-state index in [0.29, 0.717) is 13.2 Å². The van der Waals surface area contributed by atoms with Gasteiger partial charge in [0.25, 0.3) is 11.8 Å². The van der Waals surface area contributed by atoms with E-state index in [4.69, 9.17) is 15.2 Å². The van der Waals surface area contributed by atoms with E-state index in [9.17, 15) is 19.2 Å². The first-order valence-corrected chi connectivity index (χ1v) is 20.8. The number of anilines is 3. The summed E-state index contributed by atoms with van der Waals surface area (Å²) in [7, 11) is 0. The number of nitrogens with one attached hydrogen (secondary N) is 2. The first-order chi connectivity index (χ1) is 26.8. The zero-order valence-corrected chi connectivity index (χ0v) is 33.3. The molecule has 4 N–H and O–H groups in total. The molecule has 3 aromatic rings. The van der Waals surface area contributed by atoms with Crippen LogP contribution in [0.1, 0.15) is 184 Å². The molecule has 0 aliphatic heterocycles. The van der Waals surface area contributed by atoms with Crippen LogP contribution in [0.25, 0.3) is 0 Å². The SMILES string of the molecule is CCCCCCCCCCCCOC(=O)c1ccccc1NC(=O)c1cc(N)cc(C(=O)Nc2ccccc2C(=O)OCCCCCCCCCCCC)n1. The summed E-state index contributed by atoms with van der Waals surface area (Å²) in [5.41, 5.74) is 6.91. The minimum absolute atomic E-state index is 0.122. The van der Waals surface area contributed by atoms with Crippen molar-refractivity contribution in [3.63, 3.8) is 0 Å². The molecule has 55 heavy (non-hydrogen) atoms. The van der Waals surface area contributed by atoms with E-state index in [1.54, 1.807) is 48.5 Å². The summed E-state index contributed by atoms with van der Waals surface area (Å²) in [6, 6.07) is 15.8. The summed E-state index contributed by atoms with van der Waals surface area (Å²) in [5.74, 6) is -2.39. The Kier molecular flexibility index (Phi) is 21.9. The van der Waals surface area contributed by atoms with Gasteiger partial charge in [-0.25, -0.2) is 14.6 Å². The molecule has 0 saturated carbocycles. The first kappa shape index (κ1) is 44.7. The number of ether oxygens (including phenoxy) is 2. The maximum atomic E-state index is 13.3. The van der Waals surface area contributed by atoms with Crippen molar-refractivity contribution in [2.24, 2.45) is 0 Å². The van der Waals surface area contributed by atoms with Crippen LogP contribution in [-0.4, -0.2) is 42.0 Å². The highest BCUT2D eigenvalue weighted by atomic mass is 16.5. The Hall–Kier alpha value is -4.73. The van der Waals surface area contributed by atoms with Crippen molar-refractivity contribution in [3.05, 3.63) is 83.2 Å². The molecular formula is C45H64N4O6. The summed E-state index contributed by atoms with van der Waals surface area (Å²) in [6.45, 7) is 5.05. The van der Waals surface area contributed by atoms with Crippen molar-refractivity contribution in [1.82, 2.24) is 4.98 Å². The number of pyridine rings is 1. The molecule has 0 radical (unpaired) electrons. The molecule has 0 spiro atoms. The van der Waals surface area contributed by atoms with Crippen LogP contribution >= 0.6 is 0 Å². The number of carbonyl (C=O) groups excluding carboxylic acids is 4. The molecule has 1 aromatic heterocycles. The number of carbonyl (C=O) groups is 4. The number of hydrogen-bond donors (Lipinski definition) is 3. The summed E-state index contributed by atoms with van der Waals surface area (Å²) in [5, 5.41) is 5.43. The lowest BCUT2D eigenvalue weighted by Crippen LogP contribution is -2.21. The Bertz CT molecular complexity index is 1500. The van der Waals surface area contributed by atoms with Gasteiger partial charge in [-0.3, -0.25) is 9.59 Å². The van der Waals surface area contributed by atoms with Gasteiger partial charge in [-0.1, -0.05) is 154 Å². The van der Waals surface area contributed by atoms with Gasteiger partial charge in [0.1, 0.15) is 11.4 Å². The van der Waals surface area contributed by atoms with Gasteiger partial charge in [-0.15, -0.1) is 0 Å². The van der Waals surface area contributed by atoms with Crippen LogP contribution in [0.3, 0.4) is 0 Å². The van der Waals surface area contributed by atoms with E-state index in [-0.39, 0.29) is 39.6 Å². The van der Waals surface area contributed by atoms with E-state index in [1.165, 1.54) is 102 Å². The Balaban J connectivity index is 1.49. The maximum absolute atomic E-state index is 13.3. The van der Waals surface area contributed by atoms with E-state index in [2.05, 4.69) is 29.5 Å². The van der Waals surface area contributed by atoms with Crippen molar-refractivity contribution < 1.29 is 28.7 Å². The predicted molar refractivity (Wildman–Crippen MR) is 222 cm³/mol. The number of nitrogen functional groups attached to an aromatic ring is 1. The number of esters is 2. The minimum atomic E-state index is -0.660. The average molecular weight is 757 g/mol. The number of amides is 2. The fourth-order valence-electron chi connectivity index (χ4n) is 6.36. The van der Waals surface area contributed by atoms with Gasteiger partial charge in [0, 0.05) is 5.69 Å². The van der Waals surface area contributed by atoms with Gasteiger partial charge in [-0.05, 0) is 49.2 Å². The van der Waals surface area contributed by atoms with Crippen molar-refractivity contribution in [2.75, 3.05) is 29.6 Å². The fraction of sp³-hybridized carbons (Fsp3) is 0.533. The summed E-state index contributed by atoms with van der Waals surface area (Å²) in [4.78, 5) is 56.9. The molecule has 300 valence electrons. The van der Waals surface area contributed by atoms with Gasteiger partial charge in [0.15, 0.2) is 0 Å². The second kappa shape index (κ2) is 26.9. The van der Waals surface area contributed by atoms with E-state index in [0.717, 1.165) is 38.5 Å². The molecule has 2 amide bonds. The lowest BCUT2D eigenvalue weighted by atomic mass is 10.1. The van der Waals surface area contributed by atoms with Gasteiger partial charge >= 0.3 is 11.9 Å². The molecule has 3 rings (SSSR count). The average Bonchev–Trinajstić information content (AvgIpc) is 3.19. The van der Waals surface area contributed by atoms with Crippen molar-refractivity contribution in [3.8, 4) is 0 Å². The third-order valence-electron chi connectivity index (χ3n) is 9.57. The molecule has 0 aliphatic rings. The van der Waals surface area contributed by atoms with Crippen LogP contribution in [0.2, 0.25) is 0 Å². The molecule has 10 heteroatoms. The van der Waals surface area contributed by atoms with Crippen molar-refractivity contribution in [2.45, 2.75) is 142 Å². The number of nitrogens with two attached hydrogens (primary N) is 1. The van der Waals surface area contributed by atoms with Gasteiger partial charge < -0.3 is 25.8 Å². The highest BCUT2D eigenvalue weighted by Crippen LogP contribution is 2.21. The van der Waals surface area contributed by atoms with E-state index >= 15 is 0 Å². The molecule has 1 heterocycles. The summed E-state index contributed by atoms with van der Waals surface area (Å²) in [6.07, 6.45) is 23.6. The third kappa shape index (κ3) is 17.5. The van der Waals surface area contributed by atoms with Crippen molar-refractivity contribution in [1.29, 1.82) is 0 Å². The largest absolute Gasteiger partial charge is 0.462 e. The molecule has 0 aliphatic carbocycles. The molecule has 0 unspecified atom stereocenters. The van der Waals surface area contributed by atoms with Gasteiger partial charge in [0.2, 0.25) is 0 Å². The number of aromatic nitrogens is 1. The molecule has 2 aromatic carbocycles. The maximum Gasteiger partial charge on any atom is 0.340 e. The standard InChI is InChI=1S/C45H64N4O6/c1-3-5-7-9-11-13-15-17-19-25-31-54-44(52)36-27-21-23-29-38(36)48-42(50)40-33-35(46)34-41(47-40)43(51)49-39-30-24-22-28-37(39)45(53)55-32-26-20-18-16-14-12-10-8-6-4-2/h21-24,27-30,33-34H,3-20,25-26,31-32H2,1-2H3,(H2,46,47)(H,48,50)(H,49,51). The molecule has 0 bridgehead atoms. The number of hydrogen-bond acceptors (Lipinski definition) is 8. The minimum Gasteiger partial charge on any atom is -0.462 e. The molecule has 0 saturated heterocycles. The normalized spacial score (nSPS) is 10.9. The lowest BCUT2D eigenvalue weighted by Gasteiger charge is -2.13. The molecule has 0 fully saturated rings. The van der Waals surface area contributed by atoms with Crippen LogP contribution in [0.4, 0.5) is 17.1 Å². The van der Waals surface area contributed by atoms with Crippen LogP contribution in [-0.2, 0) is 9.47 Å². The summed E-state index contributed by atoms with van der Waals surface area (Å²) >= 11 is 0. The Morgan fingerprint density at radius 3 is 1.20 bits per heavy atom. The van der Waals surface area contributed by atoms with Crippen molar-refractivity contribution >= 4 is 40.8 Å². The topological polar surface area (TPSA) is 150 Å². The first-order valence-electron chi connectivity index (χ1n) is 20.8. The Morgan fingerprint density at radius 1 is 0.509 bits per heavy atom. The Morgan fingerprint density at radius 2 is 0.836 bits per heavy atom. The lowest BCUT2D eigenvalue weighted by molar-refractivity contribution is 0.0489. The van der Waals surface area contributed by atoms with Crippen LogP contribution < -0.4 is 16.4 Å². The highest BCUT2D eigenvalue weighted by molar-refractivity contribution is 6.10. The number of benzene rings is 2. The fourth-order valence-corrected chi connectivity index (χ4v) is 6.36. The smallest absolute Gasteiger partial charge is 0.340 e. The number of para-hydroxylation sites is 2. The number of nitrogens with zero attached hydrogens (tertiary/aromatic N) is 1. The van der Waals surface area contributed by atoms with Crippen LogP contribution in [0.15, 0.2) is 60.7 Å². The third-order valence-corrected chi connectivity index (χ3v) is 9.57. The van der Waals surface area contributed by atoms with Crippen LogP contribution in [0.5, 0.6) is 0 Å². The second-order valence-corrected chi connectivity index (χ2v) is 14.3. The van der Waals surface area contributed by atoms with Gasteiger partial charge in [0.05, 0.1) is 35.7 Å². The molecular weight excluding hydrogens is 693 g/mol. The van der Waals surface area contributed by atoms with E-state index in [1.807, 2.05) is 0 Å². The number of unbranched alkanes of at least 4 members (excludes halogenated alkanes) is 18.